The lowest BCUT2D eigenvalue weighted by molar-refractivity contribution is 0.0942. The number of rotatable bonds is 4. The molecule has 4 nitrogen and oxygen atoms in total. The Bertz CT molecular complexity index is 815. The van der Waals surface area contributed by atoms with Gasteiger partial charge >= 0.3 is 0 Å². The highest BCUT2D eigenvalue weighted by atomic mass is 79.9. The average molecular weight is 381 g/mol. The molecular weight excluding hydrogens is 371 g/mol. The van der Waals surface area contributed by atoms with Gasteiger partial charge in [0.25, 0.3) is 5.91 Å². The van der Waals surface area contributed by atoms with Crippen molar-refractivity contribution < 1.29 is 13.7 Å². The van der Waals surface area contributed by atoms with E-state index in [1.54, 1.807) is 18.2 Å². The molecule has 22 heavy (non-hydrogen) atoms. The van der Waals surface area contributed by atoms with Gasteiger partial charge in [-0.2, -0.15) is 0 Å². The number of carbonyl (C=O) groups is 1. The first kappa shape index (κ1) is 14.9. The van der Waals surface area contributed by atoms with Crippen LogP contribution in [0.4, 0.5) is 4.39 Å². The van der Waals surface area contributed by atoms with Crippen LogP contribution in [0.15, 0.2) is 50.8 Å². The molecule has 3 aromatic rings. The van der Waals surface area contributed by atoms with E-state index in [2.05, 4.69) is 26.4 Å². The number of hydrogen-bond acceptors (Lipinski definition) is 4. The normalized spacial score (nSPS) is 10.6. The maximum Gasteiger partial charge on any atom is 0.273 e. The van der Waals surface area contributed by atoms with Crippen molar-refractivity contribution in [2.45, 2.75) is 6.54 Å². The van der Waals surface area contributed by atoms with Gasteiger partial charge in [-0.3, -0.25) is 4.79 Å². The second-order valence-corrected chi connectivity index (χ2v) is 6.99. The van der Waals surface area contributed by atoms with E-state index in [1.165, 1.54) is 23.5 Å². The van der Waals surface area contributed by atoms with E-state index in [0.717, 1.165) is 8.66 Å². The minimum absolute atomic E-state index is 0.119. The lowest BCUT2D eigenvalue weighted by Crippen LogP contribution is -2.22. The molecule has 1 amide bonds. The summed E-state index contributed by atoms with van der Waals surface area (Å²) >= 11 is 4.90. The summed E-state index contributed by atoms with van der Waals surface area (Å²) in [5.74, 6) is -0.563. The fraction of sp³-hybridized carbons (Fsp3) is 0.0667. The van der Waals surface area contributed by atoms with Gasteiger partial charge in [-0.15, -0.1) is 11.3 Å². The average Bonchev–Trinajstić information content (AvgIpc) is 3.14. The third-order valence-electron chi connectivity index (χ3n) is 2.93. The summed E-state index contributed by atoms with van der Waals surface area (Å²) in [5.41, 5.74) is 0.394. The Morgan fingerprint density at radius 3 is 2.86 bits per heavy atom. The number of benzene rings is 1. The monoisotopic (exact) mass is 380 g/mol. The topological polar surface area (TPSA) is 55.1 Å². The number of carbonyl (C=O) groups excluding carboxylic acids is 1. The van der Waals surface area contributed by atoms with Gasteiger partial charge in [0.2, 0.25) is 0 Å². The van der Waals surface area contributed by atoms with Crippen LogP contribution in [0, 0.1) is 5.82 Å². The number of thiophene rings is 1. The highest BCUT2D eigenvalue weighted by Gasteiger charge is 2.15. The summed E-state index contributed by atoms with van der Waals surface area (Å²) in [5, 5.41) is 6.43. The molecule has 0 spiro atoms. The summed E-state index contributed by atoms with van der Waals surface area (Å²) in [6, 6.07) is 11.4. The predicted octanol–water partition coefficient (Wildman–Crippen LogP) is 4.23. The summed E-state index contributed by atoms with van der Waals surface area (Å²) in [7, 11) is 0. The van der Waals surface area contributed by atoms with Crippen LogP contribution in [0.3, 0.4) is 0 Å². The maximum absolute atomic E-state index is 13.7. The highest BCUT2D eigenvalue weighted by molar-refractivity contribution is 9.11. The lowest BCUT2D eigenvalue weighted by atomic mass is 10.1. The predicted molar refractivity (Wildman–Crippen MR) is 85.1 cm³/mol. The summed E-state index contributed by atoms with van der Waals surface area (Å²) in [6.45, 7) is 0.400. The van der Waals surface area contributed by atoms with Crippen LogP contribution in [-0.2, 0) is 6.54 Å². The first-order valence-electron chi connectivity index (χ1n) is 6.37. The molecule has 0 radical (unpaired) electrons. The Morgan fingerprint density at radius 1 is 1.32 bits per heavy atom. The minimum atomic E-state index is -0.422. The molecule has 0 atom stereocenters. The van der Waals surface area contributed by atoms with Gasteiger partial charge in [0, 0.05) is 10.9 Å². The third kappa shape index (κ3) is 3.26. The molecule has 1 N–H and O–H groups in total. The van der Waals surface area contributed by atoms with Gasteiger partial charge in [0.05, 0.1) is 15.9 Å². The first-order chi connectivity index (χ1) is 10.6. The number of aromatic nitrogens is 1. The Morgan fingerprint density at radius 2 is 2.14 bits per heavy atom. The number of hydrogen-bond donors (Lipinski definition) is 1. The Balaban J connectivity index is 1.70. The number of nitrogens with zero attached hydrogens (tertiary/aromatic N) is 1. The molecule has 0 fully saturated rings. The van der Waals surface area contributed by atoms with E-state index in [-0.39, 0.29) is 22.9 Å². The summed E-state index contributed by atoms with van der Waals surface area (Å²) < 4.78 is 19.7. The van der Waals surface area contributed by atoms with E-state index in [4.69, 9.17) is 4.52 Å². The molecule has 0 aliphatic heterocycles. The standard InChI is InChI=1S/C15H10BrFN2O2S/c16-14-6-5-9(22-14)8-18-15(20)12-7-13(21-19-12)10-3-1-2-4-11(10)17/h1-7H,8H2,(H,18,20). The van der Waals surface area contributed by atoms with Crippen molar-refractivity contribution >= 4 is 33.2 Å². The highest BCUT2D eigenvalue weighted by Crippen LogP contribution is 2.24. The van der Waals surface area contributed by atoms with Crippen molar-refractivity contribution in [3.05, 3.63) is 62.6 Å². The van der Waals surface area contributed by atoms with E-state index in [1.807, 2.05) is 12.1 Å². The minimum Gasteiger partial charge on any atom is -0.355 e. The molecule has 1 aromatic carbocycles. The van der Waals surface area contributed by atoms with E-state index in [9.17, 15) is 9.18 Å². The lowest BCUT2D eigenvalue weighted by Gasteiger charge is -1.99. The molecule has 2 aromatic heterocycles. The zero-order valence-corrected chi connectivity index (χ0v) is 13.6. The summed E-state index contributed by atoms with van der Waals surface area (Å²) in [4.78, 5) is 13.0. The molecule has 2 heterocycles. The largest absolute Gasteiger partial charge is 0.355 e. The Labute approximate surface area is 138 Å². The molecule has 0 saturated heterocycles. The smallest absolute Gasteiger partial charge is 0.273 e. The molecule has 112 valence electrons. The SMILES string of the molecule is O=C(NCc1ccc(Br)s1)c1cc(-c2ccccc2F)on1. The van der Waals surface area contributed by atoms with Gasteiger partial charge < -0.3 is 9.84 Å². The second kappa shape index (κ2) is 6.41. The molecule has 0 bridgehead atoms. The van der Waals surface area contributed by atoms with E-state index >= 15 is 0 Å². The number of halogens is 2. The van der Waals surface area contributed by atoms with Gasteiger partial charge in [0.15, 0.2) is 11.5 Å². The number of amides is 1. The first-order valence-corrected chi connectivity index (χ1v) is 7.98. The van der Waals surface area contributed by atoms with Crippen molar-refractivity contribution in [2.75, 3.05) is 0 Å². The molecule has 0 unspecified atom stereocenters. The van der Waals surface area contributed by atoms with Crippen LogP contribution < -0.4 is 5.32 Å². The second-order valence-electron chi connectivity index (χ2n) is 4.44. The van der Waals surface area contributed by atoms with Gasteiger partial charge in [-0.25, -0.2) is 4.39 Å². The Hall–Kier alpha value is -1.99. The van der Waals surface area contributed by atoms with Gasteiger partial charge in [0.1, 0.15) is 5.82 Å². The molecule has 0 aliphatic carbocycles. The molecule has 0 aliphatic rings. The van der Waals surface area contributed by atoms with Gasteiger partial charge in [-0.1, -0.05) is 17.3 Å². The third-order valence-corrected chi connectivity index (χ3v) is 4.56. The zero-order valence-electron chi connectivity index (χ0n) is 11.2. The maximum atomic E-state index is 13.7. The molecule has 3 rings (SSSR count). The van der Waals surface area contributed by atoms with Crippen LogP contribution in [-0.4, -0.2) is 11.1 Å². The van der Waals surface area contributed by atoms with E-state index in [0.29, 0.717) is 6.54 Å². The van der Waals surface area contributed by atoms with Crippen molar-refractivity contribution in [2.24, 2.45) is 0 Å². The molecular formula is C15H10BrFN2O2S. The van der Waals surface area contributed by atoms with Crippen molar-refractivity contribution in [1.29, 1.82) is 0 Å². The van der Waals surface area contributed by atoms with E-state index < -0.39 is 5.82 Å². The summed E-state index contributed by atoms with van der Waals surface area (Å²) in [6.07, 6.45) is 0. The van der Waals surface area contributed by atoms with Crippen LogP contribution in [0.2, 0.25) is 0 Å². The van der Waals surface area contributed by atoms with Crippen molar-refractivity contribution in [3.8, 4) is 11.3 Å². The van der Waals surface area contributed by atoms with Crippen molar-refractivity contribution in [1.82, 2.24) is 10.5 Å². The number of nitrogens with one attached hydrogen (secondary N) is 1. The van der Waals surface area contributed by atoms with Crippen LogP contribution >= 0.6 is 27.3 Å². The fourth-order valence-corrected chi connectivity index (χ4v) is 3.30. The molecule has 7 heteroatoms. The van der Waals surface area contributed by atoms with Crippen LogP contribution in [0.25, 0.3) is 11.3 Å². The van der Waals surface area contributed by atoms with Gasteiger partial charge in [-0.05, 0) is 40.2 Å². The zero-order chi connectivity index (χ0) is 15.5. The van der Waals surface area contributed by atoms with Crippen LogP contribution in [0.1, 0.15) is 15.4 Å². The van der Waals surface area contributed by atoms with Crippen molar-refractivity contribution in [3.63, 3.8) is 0 Å². The molecule has 0 saturated carbocycles. The quantitative estimate of drug-likeness (QED) is 0.736. The fourth-order valence-electron chi connectivity index (χ4n) is 1.87. The van der Waals surface area contributed by atoms with Crippen LogP contribution in [0.5, 0.6) is 0 Å². The Kier molecular flexibility index (Phi) is 4.35.